The standard InChI is InChI=1S/C21H26N4O2/c26-21(12-17-6-2-1-3-7-17)24-13-19-9-11-23-25(19)20(14-24)16-27-15-18-8-4-5-10-22-18/h4-6,8-11,20H,1-3,7,12-16H2. The Morgan fingerprint density at radius 2 is 2.19 bits per heavy atom. The van der Waals surface area contributed by atoms with E-state index < -0.39 is 0 Å². The van der Waals surface area contributed by atoms with Crippen molar-refractivity contribution in [3.05, 3.63) is 59.7 Å². The number of fused-ring (bicyclic) bond motifs is 1. The van der Waals surface area contributed by atoms with Gasteiger partial charge in [0.25, 0.3) is 0 Å². The summed E-state index contributed by atoms with van der Waals surface area (Å²) in [5.74, 6) is 0.213. The summed E-state index contributed by atoms with van der Waals surface area (Å²) in [5.41, 5.74) is 3.28. The van der Waals surface area contributed by atoms with Crippen LogP contribution < -0.4 is 0 Å². The Morgan fingerprint density at radius 3 is 3.00 bits per heavy atom. The van der Waals surface area contributed by atoms with Crippen molar-refractivity contribution in [2.45, 2.75) is 51.3 Å². The van der Waals surface area contributed by atoms with Crippen LogP contribution in [0.3, 0.4) is 0 Å². The summed E-state index contributed by atoms with van der Waals surface area (Å²) < 4.78 is 7.89. The number of allylic oxidation sites excluding steroid dienone is 1. The molecular weight excluding hydrogens is 340 g/mol. The number of aromatic nitrogens is 3. The Balaban J connectivity index is 1.38. The van der Waals surface area contributed by atoms with E-state index in [1.165, 1.54) is 18.4 Å². The fourth-order valence-electron chi connectivity index (χ4n) is 3.86. The van der Waals surface area contributed by atoms with Crippen LogP contribution in [-0.2, 0) is 22.7 Å². The number of rotatable bonds is 6. The van der Waals surface area contributed by atoms with Gasteiger partial charge in [0.2, 0.25) is 5.91 Å². The highest BCUT2D eigenvalue weighted by Crippen LogP contribution is 2.25. The molecule has 4 rings (SSSR count). The van der Waals surface area contributed by atoms with Gasteiger partial charge in [-0.05, 0) is 43.9 Å². The van der Waals surface area contributed by atoms with E-state index in [1.54, 1.807) is 12.4 Å². The lowest BCUT2D eigenvalue weighted by Crippen LogP contribution is -2.42. The molecule has 142 valence electrons. The van der Waals surface area contributed by atoms with Gasteiger partial charge in [0, 0.05) is 25.4 Å². The van der Waals surface area contributed by atoms with Crippen LogP contribution in [-0.4, -0.2) is 38.7 Å². The number of carbonyl (C=O) groups excluding carboxylic acids is 1. The average molecular weight is 366 g/mol. The summed E-state index contributed by atoms with van der Waals surface area (Å²) >= 11 is 0. The van der Waals surface area contributed by atoms with E-state index in [2.05, 4.69) is 16.2 Å². The van der Waals surface area contributed by atoms with Crippen LogP contribution in [0.2, 0.25) is 0 Å². The highest BCUT2D eigenvalue weighted by atomic mass is 16.5. The Morgan fingerprint density at radius 1 is 1.22 bits per heavy atom. The second-order valence-electron chi connectivity index (χ2n) is 7.32. The Hall–Kier alpha value is -2.47. The Kier molecular flexibility index (Phi) is 5.63. The van der Waals surface area contributed by atoms with Crippen LogP contribution in [0.15, 0.2) is 48.3 Å². The number of pyridine rings is 1. The number of hydrogen-bond donors (Lipinski definition) is 0. The first-order valence-corrected chi connectivity index (χ1v) is 9.75. The van der Waals surface area contributed by atoms with Crippen LogP contribution in [0.4, 0.5) is 0 Å². The number of nitrogens with zero attached hydrogens (tertiary/aromatic N) is 4. The smallest absolute Gasteiger partial charge is 0.227 e. The molecule has 0 saturated heterocycles. The first-order valence-electron chi connectivity index (χ1n) is 9.75. The normalized spacial score (nSPS) is 19.5. The third-order valence-electron chi connectivity index (χ3n) is 5.28. The molecule has 0 saturated carbocycles. The van der Waals surface area contributed by atoms with Crippen molar-refractivity contribution in [3.8, 4) is 0 Å². The van der Waals surface area contributed by atoms with Crippen molar-refractivity contribution in [1.29, 1.82) is 0 Å². The molecule has 2 aromatic heterocycles. The zero-order valence-corrected chi connectivity index (χ0v) is 15.6. The van der Waals surface area contributed by atoms with Gasteiger partial charge in [-0.15, -0.1) is 0 Å². The summed E-state index contributed by atoms with van der Waals surface area (Å²) in [7, 11) is 0. The van der Waals surface area contributed by atoms with E-state index in [0.29, 0.717) is 32.7 Å². The molecule has 1 aliphatic carbocycles. The van der Waals surface area contributed by atoms with Crippen molar-refractivity contribution in [2.75, 3.05) is 13.2 Å². The summed E-state index contributed by atoms with van der Waals surface area (Å²) in [4.78, 5) is 19.1. The molecule has 6 nitrogen and oxygen atoms in total. The lowest BCUT2D eigenvalue weighted by molar-refractivity contribution is -0.133. The lowest BCUT2D eigenvalue weighted by Gasteiger charge is -2.34. The molecule has 1 unspecified atom stereocenters. The third kappa shape index (κ3) is 4.45. The lowest BCUT2D eigenvalue weighted by atomic mass is 9.96. The highest BCUT2D eigenvalue weighted by Gasteiger charge is 2.29. The predicted molar refractivity (Wildman–Crippen MR) is 102 cm³/mol. The summed E-state index contributed by atoms with van der Waals surface area (Å²) in [6.07, 6.45) is 11.0. The van der Waals surface area contributed by atoms with Gasteiger partial charge in [0.1, 0.15) is 0 Å². The number of hydrogen-bond acceptors (Lipinski definition) is 4. The van der Waals surface area contributed by atoms with Crippen LogP contribution in [0.25, 0.3) is 0 Å². The number of carbonyl (C=O) groups is 1. The maximum Gasteiger partial charge on any atom is 0.227 e. The minimum atomic E-state index is 0.0387. The van der Waals surface area contributed by atoms with E-state index in [1.807, 2.05) is 33.8 Å². The molecule has 0 bridgehead atoms. The largest absolute Gasteiger partial charge is 0.373 e. The summed E-state index contributed by atoms with van der Waals surface area (Å²) in [6, 6.07) is 7.83. The fourth-order valence-corrected chi connectivity index (χ4v) is 3.86. The topological polar surface area (TPSA) is 60.2 Å². The first-order chi connectivity index (χ1) is 13.3. The van der Waals surface area contributed by atoms with Crippen molar-refractivity contribution >= 4 is 5.91 Å². The van der Waals surface area contributed by atoms with Crippen LogP contribution in [0.1, 0.15) is 49.5 Å². The second-order valence-corrected chi connectivity index (χ2v) is 7.32. The van der Waals surface area contributed by atoms with E-state index in [4.69, 9.17) is 4.74 Å². The van der Waals surface area contributed by atoms with Gasteiger partial charge in [-0.25, -0.2) is 0 Å². The van der Waals surface area contributed by atoms with Gasteiger partial charge < -0.3 is 9.64 Å². The van der Waals surface area contributed by atoms with Crippen molar-refractivity contribution in [2.24, 2.45) is 0 Å². The predicted octanol–water partition coefficient (Wildman–Crippen LogP) is 3.27. The van der Waals surface area contributed by atoms with Crippen LogP contribution in [0, 0.1) is 0 Å². The molecule has 0 N–H and O–H groups in total. The molecule has 2 aromatic rings. The van der Waals surface area contributed by atoms with Gasteiger partial charge in [0.05, 0.1) is 37.2 Å². The molecule has 1 atom stereocenters. The summed E-state index contributed by atoms with van der Waals surface area (Å²) in [5, 5.41) is 4.44. The third-order valence-corrected chi connectivity index (χ3v) is 5.28. The zero-order valence-electron chi connectivity index (χ0n) is 15.6. The second kappa shape index (κ2) is 8.48. The van der Waals surface area contributed by atoms with E-state index in [-0.39, 0.29) is 11.9 Å². The highest BCUT2D eigenvalue weighted by molar-refractivity contribution is 5.78. The van der Waals surface area contributed by atoms with E-state index in [0.717, 1.165) is 24.2 Å². The SMILES string of the molecule is O=C(CC1=CCCCC1)N1Cc2ccnn2C(COCc2ccccn2)C1. The van der Waals surface area contributed by atoms with Gasteiger partial charge in [-0.3, -0.25) is 14.5 Å². The van der Waals surface area contributed by atoms with Crippen molar-refractivity contribution in [1.82, 2.24) is 19.7 Å². The maximum atomic E-state index is 12.8. The minimum absolute atomic E-state index is 0.0387. The molecule has 27 heavy (non-hydrogen) atoms. The van der Waals surface area contributed by atoms with Crippen LogP contribution >= 0.6 is 0 Å². The average Bonchev–Trinajstić information content (AvgIpc) is 3.18. The fraction of sp³-hybridized carbons (Fsp3) is 0.476. The van der Waals surface area contributed by atoms with E-state index in [9.17, 15) is 4.79 Å². The van der Waals surface area contributed by atoms with Crippen LogP contribution in [0.5, 0.6) is 0 Å². The zero-order chi connectivity index (χ0) is 18.5. The molecule has 0 radical (unpaired) electrons. The van der Waals surface area contributed by atoms with Gasteiger partial charge in [-0.2, -0.15) is 5.10 Å². The van der Waals surface area contributed by atoms with Gasteiger partial charge in [0.15, 0.2) is 0 Å². The van der Waals surface area contributed by atoms with Gasteiger partial charge >= 0.3 is 0 Å². The minimum Gasteiger partial charge on any atom is -0.373 e. The molecule has 0 spiro atoms. The molecule has 1 amide bonds. The summed E-state index contributed by atoms with van der Waals surface area (Å²) in [6.45, 7) is 2.25. The molecule has 3 heterocycles. The number of ether oxygens (including phenoxy) is 1. The molecule has 0 aromatic carbocycles. The molecule has 1 aliphatic heterocycles. The first kappa shape index (κ1) is 17.9. The van der Waals surface area contributed by atoms with E-state index >= 15 is 0 Å². The Labute approximate surface area is 159 Å². The van der Waals surface area contributed by atoms with Gasteiger partial charge in [-0.1, -0.05) is 17.7 Å². The van der Waals surface area contributed by atoms with Crippen molar-refractivity contribution < 1.29 is 9.53 Å². The van der Waals surface area contributed by atoms with Crippen molar-refractivity contribution in [3.63, 3.8) is 0 Å². The molecule has 6 heteroatoms. The molecular formula is C21H26N4O2. The molecule has 2 aliphatic rings. The molecule has 0 fully saturated rings. The monoisotopic (exact) mass is 366 g/mol. The number of amides is 1. The maximum absolute atomic E-state index is 12.8. The Bertz CT molecular complexity index is 800. The quantitative estimate of drug-likeness (QED) is 0.736.